The highest BCUT2D eigenvalue weighted by Crippen LogP contribution is 2.39. The number of rotatable bonds is 3. The molecular weight excluding hydrogens is 374 g/mol. The van der Waals surface area contributed by atoms with Gasteiger partial charge in [-0.05, 0) is 56.6 Å². The molecule has 4 rings (SSSR count). The zero-order chi connectivity index (χ0) is 19.1. The van der Waals surface area contributed by atoms with Gasteiger partial charge in [-0.3, -0.25) is 0 Å². The Bertz CT molecular complexity index is 850. The lowest BCUT2D eigenvalue weighted by Gasteiger charge is -2.37. The van der Waals surface area contributed by atoms with Crippen LogP contribution in [-0.2, 0) is 0 Å². The van der Waals surface area contributed by atoms with E-state index in [4.69, 9.17) is 11.6 Å². The van der Waals surface area contributed by atoms with Crippen molar-refractivity contribution < 1.29 is 13.9 Å². The van der Waals surface area contributed by atoms with Gasteiger partial charge < -0.3 is 14.9 Å². The Balaban J connectivity index is 1.71. The molecule has 2 saturated heterocycles. The fourth-order valence-corrected chi connectivity index (χ4v) is 4.37. The van der Waals surface area contributed by atoms with Crippen LogP contribution in [0.1, 0.15) is 24.8 Å². The summed E-state index contributed by atoms with van der Waals surface area (Å²) in [7, 11) is 2.08. The third kappa shape index (κ3) is 3.46. The number of likely N-dealkylation sites (N-methyl/N-ethyl adjacent to an activating group) is 1. The van der Waals surface area contributed by atoms with Crippen molar-refractivity contribution in [3.05, 3.63) is 34.9 Å². The molecule has 27 heavy (non-hydrogen) atoms. The first kappa shape index (κ1) is 18.4. The Labute approximate surface area is 161 Å². The van der Waals surface area contributed by atoms with Gasteiger partial charge in [-0.25, -0.2) is 8.78 Å². The monoisotopic (exact) mass is 394 g/mol. The van der Waals surface area contributed by atoms with E-state index in [0.29, 0.717) is 16.8 Å². The number of aromatic hydroxyl groups is 1. The minimum Gasteiger partial charge on any atom is -0.507 e. The predicted molar refractivity (Wildman–Crippen MR) is 100 cm³/mol. The van der Waals surface area contributed by atoms with Gasteiger partial charge in [-0.1, -0.05) is 11.6 Å². The van der Waals surface area contributed by atoms with E-state index in [-0.39, 0.29) is 28.6 Å². The molecule has 5 nitrogen and oxygen atoms in total. The Morgan fingerprint density at radius 3 is 2.70 bits per heavy atom. The predicted octanol–water partition coefficient (Wildman–Crippen LogP) is 3.97. The van der Waals surface area contributed by atoms with Crippen molar-refractivity contribution in [2.75, 3.05) is 31.6 Å². The van der Waals surface area contributed by atoms with Crippen LogP contribution in [0.4, 0.5) is 14.6 Å². The van der Waals surface area contributed by atoms with Crippen LogP contribution >= 0.6 is 11.6 Å². The molecule has 2 aliphatic heterocycles. The molecule has 1 N–H and O–H groups in total. The molecular formula is C19H21ClF2N4O. The SMILES string of the molecule is CN1CC[C@@H]2CCN(c3cc(C(F)F)c(-c4ccc(Cl)cc4O)nn3)[C@@H]2C1. The zero-order valence-corrected chi connectivity index (χ0v) is 15.7. The molecule has 8 heteroatoms. The molecule has 1 aromatic heterocycles. The van der Waals surface area contributed by atoms with Crippen molar-refractivity contribution in [2.45, 2.75) is 25.3 Å². The average molecular weight is 395 g/mol. The second-order valence-corrected chi connectivity index (χ2v) is 7.77. The molecule has 0 radical (unpaired) electrons. The number of halogens is 3. The minimum absolute atomic E-state index is 0.0144. The molecule has 0 amide bonds. The Kier molecular flexibility index (Phi) is 4.90. The van der Waals surface area contributed by atoms with E-state index in [1.165, 1.54) is 24.3 Å². The summed E-state index contributed by atoms with van der Waals surface area (Å²) in [6.07, 6.45) is -0.565. The third-order valence-electron chi connectivity index (χ3n) is 5.62. The number of hydrogen-bond donors (Lipinski definition) is 1. The number of nitrogens with zero attached hydrogens (tertiary/aromatic N) is 4. The number of anilines is 1. The van der Waals surface area contributed by atoms with Crippen molar-refractivity contribution in [3.8, 4) is 17.0 Å². The maximum absolute atomic E-state index is 13.8. The molecule has 0 aliphatic carbocycles. The lowest BCUT2D eigenvalue weighted by molar-refractivity contribution is 0.151. The van der Waals surface area contributed by atoms with E-state index >= 15 is 0 Å². The van der Waals surface area contributed by atoms with Crippen molar-refractivity contribution in [2.24, 2.45) is 5.92 Å². The molecule has 0 unspecified atom stereocenters. The molecule has 0 spiro atoms. The lowest BCUT2D eigenvalue weighted by atomic mass is 9.92. The van der Waals surface area contributed by atoms with Gasteiger partial charge in [0.25, 0.3) is 6.43 Å². The van der Waals surface area contributed by atoms with E-state index in [0.717, 1.165) is 32.5 Å². The maximum atomic E-state index is 13.8. The Morgan fingerprint density at radius 2 is 1.96 bits per heavy atom. The first-order chi connectivity index (χ1) is 12.9. The topological polar surface area (TPSA) is 52.5 Å². The average Bonchev–Trinajstić information content (AvgIpc) is 3.04. The van der Waals surface area contributed by atoms with Crippen LogP contribution in [0.2, 0.25) is 5.02 Å². The highest BCUT2D eigenvalue weighted by molar-refractivity contribution is 6.30. The molecule has 3 heterocycles. The number of alkyl halides is 2. The lowest BCUT2D eigenvalue weighted by Crippen LogP contribution is -2.47. The van der Waals surface area contributed by atoms with E-state index in [9.17, 15) is 13.9 Å². The van der Waals surface area contributed by atoms with E-state index in [1.54, 1.807) is 0 Å². The number of piperidine rings is 1. The molecule has 2 atom stereocenters. The number of likely N-dealkylation sites (tertiary alicyclic amines) is 1. The maximum Gasteiger partial charge on any atom is 0.266 e. The number of hydrogen-bond acceptors (Lipinski definition) is 5. The van der Waals surface area contributed by atoms with E-state index < -0.39 is 6.43 Å². The smallest absolute Gasteiger partial charge is 0.266 e. The van der Waals surface area contributed by atoms with Crippen molar-refractivity contribution in [1.82, 2.24) is 15.1 Å². The summed E-state index contributed by atoms with van der Waals surface area (Å²) in [5.41, 5.74) is -0.0462. The fourth-order valence-electron chi connectivity index (χ4n) is 4.20. The van der Waals surface area contributed by atoms with Gasteiger partial charge in [-0.2, -0.15) is 0 Å². The molecule has 2 aliphatic rings. The second kappa shape index (κ2) is 7.20. The molecule has 1 aromatic carbocycles. The number of fused-ring (bicyclic) bond motifs is 1. The van der Waals surface area contributed by atoms with Crippen LogP contribution < -0.4 is 4.90 Å². The number of benzene rings is 1. The van der Waals surface area contributed by atoms with Crippen LogP contribution in [-0.4, -0.2) is 52.9 Å². The van der Waals surface area contributed by atoms with Gasteiger partial charge in [0.1, 0.15) is 11.4 Å². The summed E-state index contributed by atoms with van der Waals surface area (Å²) in [4.78, 5) is 4.37. The van der Waals surface area contributed by atoms with Crippen LogP contribution in [0.15, 0.2) is 24.3 Å². The van der Waals surface area contributed by atoms with Crippen LogP contribution in [0.5, 0.6) is 5.75 Å². The molecule has 144 valence electrons. The summed E-state index contributed by atoms with van der Waals surface area (Å²) in [5, 5.41) is 18.7. The van der Waals surface area contributed by atoms with Crippen molar-refractivity contribution >= 4 is 17.4 Å². The quantitative estimate of drug-likeness (QED) is 0.853. The first-order valence-electron chi connectivity index (χ1n) is 9.04. The summed E-state index contributed by atoms with van der Waals surface area (Å²) in [6, 6.07) is 6.01. The van der Waals surface area contributed by atoms with Gasteiger partial charge in [0.2, 0.25) is 0 Å². The largest absolute Gasteiger partial charge is 0.507 e. The summed E-state index contributed by atoms with van der Waals surface area (Å²) in [5.74, 6) is 0.852. The highest BCUT2D eigenvalue weighted by Gasteiger charge is 2.38. The Morgan fingerprint density at radius 1 is 1.19 bits per heavy atom. The number of aromatic nitrogens is 2. The van der Waals surface area contributed by atoms with Crippen LogP contribution in [0.3, 0.4) is 0 Å². The number of phenolic OH excluding ortho intramolecular Hbond substituents is 1. The Hall–Kier alpha value is -1.99. The molecule has 2 fully saturated rings. The second-order valence-electron chi connectivity index (χ2n) is 7.33. The van der Waals surface area contributed by atoms with Crippen molar-refractivity contribution in [1.29, 1.82) is 0 Å². The van der Waals surface area contributed by atoms with Crippen LogP contribution in [0, 0.1) is 5.92 Å². The summed E-state index contributed by atoms with van der Waals surface area (Å²) < 4.78 is 27.6. The molecule has 2 aromatic rings. The molecule has 0 saturated carbocycles. The van der Waals surface area contributed by atoms with Gasteiger partial charge in [-0.15, -0.1) is 10.2 Å². The summed E-state index contributed by atoms with van der Waals surface area (Å²) >= 11 is 5.84. The van der Waals surface area contributed by atoms with E-state index in [1.807, 2.05) is 0 Å². The third-order valence-corrected chi connectivity index (χ3v) is 5.86. The fraction of sp³-hybridized carbons (Fsp3) is 0.474. The standard InChI is InChI=1S/C19H21ClF2N4O/c1-25-6-4-11-5-7-26(15(11)10-25)17-9-14(19(21)22)18(24-23-17)13-3-2-12(20)8-16(13)27/h2-3,8-9,11,15,19,27H,4-7,10H2,1H3/t11-,15-/m1/s1. The van der Waals surface area contributed by atoms with Gasteiger partial charge in [0, 0.05) is 35.3 Å². The minimum atomic E-state index is -2.73. The normalized spacial score (nSPS) is 23.1. The number of phenols is 1. The summed E-state index contributed by atoms with van der Waals surface area (Å²) in [6.45, 7) is 2.76. The zero-order valence-electron chi connectivity index (χ0n) is 14.9. The van der Waals surface area contributed by atoms with Gasteiger partial charge in [0.05, 0.1) is 0 Å². The molecule has 0 bridgehead atoms. The van der Waals surface area contributed by atoms with Gasteiger partial charge in [0.15, 0.2) is 5.82 Å². The van der Waals surface area contributed by atoms with Crippen LogP contribution in [0.25, 0.3) is 11.3 Å². The van der Waals surface area contributed by atoms with Crippen molar-refractivity contribution in [3.63, 3.8) is 0 Å². The first-order valence-corrected chi connectivity index (χ1v) is 9.41. The van der Waals surface area contributed by atoms with E-state index in [2.05, 4.69) is 27.0 Å². The van der Waals surface area contributed by atoms with Gasteiger partial charge >= 0.3 is 0 Å². The highest BCUT2D eigenvalue weighted by atomic mass is 35.5.